The zero-order valence-electron chi connectivity index (χ0n) is 9.10. The van der Waals surface area contributed by atoms with Crippen molar-refractivity contribution in [3.05, 3.63) is 53.4 Å². The van der Waals surface area contributed by atoms with E-state index in [0.717, 1.165) is 21.4 Å². The Balaban J connectivity index is 2.00. The van der Waals surface area contributed by atoms with Gasteiger partial charge in [0, 0.05) is 10.6 Å². The second-order valence-corrected chi connectivity index (χ2v) is 4.95. The third-order valence-corrected chi connectivity index (χ3v) is 3.94. The van der Waals surface area contributed by atoms with Crippen LogP contribution in [0, 0.1) is 0 Å². The van der Waals surface area contributed by atoms with E-state index in [-0.39, 0.29) is 6.04 Å². The third-order valence-electron chi connectivity index (χ3n) is 2.33. The predicted octanol–water partition coefficient (Wildman–Crippen LogP) is 3.23. The maximum Gasteiger partial charge on any atom is 0.122 e. The Bertz CT molecular complexity index is 461. The van der Waals surface area contributed by atoms with E-state index in [4.69, 9.17) is 21.9 Å². The minimum Gasteiger partial charge on any atom is -0.468 e. The number of benzene rings is 1. The number of rotatable bonds is 5. The SMILES string of the molecule is NNC(CSc1ccccc1Cl)c1ccco1. The van der Waals surface area contributed by atoms with Crippen molar-refractivity contribution in [1.29, 1.82) is 0 Å². The van der Waals surface area contributed by atoms with Gasteiger partial charge in [0.15, 0.2) is 0 Å². The van der Waals surface area contributed by atoms with Gasteiger partial charge in [0.1, 0.15) is 5.76 Å². The molecule has 0 bridgehead atoms. The van der Waals surface area contributed by atoms with Crippen molar-refractivity contribution in [3.63, 3.8) is 0 Å². The summed E-state index contributed by atoms with van der Waals surface area (Å²) in [5.74, 6) is 7.09. The average Bonchev–Trinajstić information content (AvgIpc) is 2.86. The van der Waals surface area contributed by atoms with Gasteiger partial charge in [0.25, 0.3) is 0 Å². The van der Waals surface area contributed by atoms with Crippen LogP contribution in [0.2, 0.25) is 5.02 Å². The molecule has 90 valence electrons. The minimum absolute atomic E-state index is 0.0220. The number of nitrogens with two attached hydrogens (primary N) is 1. The number of hydrogen-bond donors (Lipinski definition) is 2. The highest BCUT2D eigenvalue weighted by atomic mass is 35.5. The molecule has 1 aromatic carbocycles. The summed E-state index contributed by atoms with van der Waals surface area (Å²) in [4.78, 5) is 1.04. The topological polar surface area (TPSA) is 51.2 Å². The van der Waals surface area contributed by atoms with E-state index in [1.54, 1.807) is 18.0 Å². The van der Waals surface area contributed by atoms with Crippen molar-refractivity contribution in [2.75, 3.05) is 5.75 Å². The molecule has 3 nitrogen and oxygen atoms in total. The second kappa shape index (κ2) is 6.12. The van der Waals surface area contributed by atoms with E-state index in [0.29, 0.717) is 0 Å². The standard InChI is InChI=1S/C12H13ClN2OS/c13-9-4-1-2-6-12(9)17-8-10(15-14)11-5-3-7-16-11/h1-7,10,15H,8,14H2. The molecule has 0 amide bonds. The van der Waals surface area contributed by atoms with Gasteiger partial charge in [0.05, 0.1) is 17.3 Å². The molecule has 1 aromatic heterocycles. The molecule has 1 unspecified atom stereocenters. The van der Waals surface area contributed by atoms with Gasteiger partial charge in [-0.15, -0.1) is 11.8 Å². The number of halogens is 1. The van der Waals surface area contributed by atoms with Crippen molar-refractivity contribution in [1.82, 2.24) is 5.43 Å². The van der Waals surface area contributed by atoms with Gasteiger partial charge < -0.3 is 4.42 Å². The highest BCUT2D eigenvalue weighted by Crippen LogP contribution is 2.29. The van der Waals surface area contributed by atoms with Crippen LogP contribution < -0.4 is 11.3 Å². The van der Waals surface area contributed by atoms with Crippen LogP contribution in [0.5, 0.6) is 0 Å². The summed E-state index contributed by atoms with van der Waals surface area (Å²) in [7, 11) is 0. The molecule has 5 heteroatoms. The molecule has 2 aromatic rings. The quantitative estimate of drug-likeness (QED) is 0.497. The van der Waals surface area contributed by atoms with Gasteiger partial charge in [-0.2, -0.15) is 0 Å². The summed E-state index contributed by atoms with van der Waals surface area (Å²) in [5.41, 5.74) is 2.74. The number of hydrazine groups is 1. The minimum atomic E-state index is -0.0220. The van der Waals surface area contributed by atoms with Gasteiger partial charge >= 0.3 is 0 Å². The van der Waals surface area contributed by atoms with E-state index in [9.17, 15) is 0 Å². The van der Waals surface area contributed by atoms with Crippen LogP contribution >= 0.6 is 23.4 Å². The third kappa shape index (κ3) is 3.26. The fraction of sp³-hybridized carbons (Fsp3) is 0.167. The molecule has 0 saturated carbocycles. The highest BCUT2D eigenvalue weighted by molar-refractivity contribution is 7.99. The molecule has 1 atom stereocenters. The van der Waals surface area contributed by atoms with E-state index in [1.165, 1.54) is 0 Å². The van der Waals surface area contributed by atoms with Crippen LogP contribution in [-0.2, 0) is 0 Å². The average molecular weight is 269 g/mol. The largest absolute Gasteiger partial charge is 0.468 e. The summed E-state index contributed by atoms with van der Waals surface area (Å²) >= 11 is 7.72. The summed E-state index contributed by atoms with van der Waals surface area (Å²) in [6.45, 7) is 0. The Labute approximate surface area is 109 Å². The Morgan fingerprint density at radius 1 is 1.29 bits per heavy atom. The summed E-state index contributed by atoms with van der Waals surface area (Å²) in [6, 6.07) is 11.5. The zero-order valence-corrected chi connectivity index (χ0v) is 10.7. The van der Waals surface area contributed by atoms with Gasteiger partial charge in [-0.3, -0.25) is 5.84 Å². The van der Waals surface area contributed by atoms with Crippen molar-refractivity contribution in [2.45, 2.75) is 10.9 Å². The van der Waals surface area contributed by atoms with Crippen LogP contribution in [0.15, 0.2) is 52.0 Å². The number of nitrogens with one attached hydrogen (secondary N) is 1. The van der Waals surface area contributed by atoms with E-state index in [2.05, 4.69) is 5.43 Å². The molecule has 0 spiro atoms. The van der Waals surface area contributed by atoms with E-state index < -0.39 is 0 Å². The van der Waals surface area contributed by atoms with Crippen LogP contribution in [0.4, 0.5) is 0 Å². The smallest absolute Gasteiger partial charge is 0.122 e. The molecule has 1 heterocycles. The van der Waals surface area contributed by atoms with Crippen molar-refractivity contribution in [3.8, 4) is 0 Å². The maximum atomic E-state index is 6.08. The van der Waals surface area contributed by atoms with Gasteiger partial charge in [0.2, 0.25) is 0 Å². The lowest BCUT2D eigenvalue weighted by molar-refractivity contribution is 0.441. The first-order valence-corrected chi connectivity index (χ1v) is 6.54. The maximum absolute atomic E-state index is 6.08. The number of thioether (sulfide) groups is 1. The van der Waals surface area contributed by atoms with E-state index in [1.807, 2.05) is 36.4 Å². The first-order valence-electron chi connectivity index (χ1n) is 5.18. The number of furan rings is 1. The van der Waals surface area contributed by atoms with Gasteiger partial charge in [-0.1, -0.05) is 23.7 Å². The molecule has 17 heavy (non-hydrogen) atoms. The summed E-state index contributed by atoms with van der Waals surface area (Å²) < 4.78 is 5.32. The van der Waals surface area contributed by atoms with Gasteiger partial charge in [-0.05, 0) is 24.3 Å². The van der Waals surface area contributed by atoms with Crippen LogP contribution in [0.25, 0.3) is 0 Å². The molecular weight excluding hydrogens is 256 g/mol. The molecule has 0 saturated heterocycles. The van der Waals surface area contributed by atoms with Gasteiger partial charge in [-0.25, -0.2) is 5.43 Å². The lowest BCUT2D eigenvalue weighted by Gasteiger charge is -2.13. The molecule has 3 N–H and O–H groups in total. The molecule has 0 fully saturated rings. The van der Waals surface area contributed by atoms with Crippen molar-refractivity contribution >= 4 is 23.4 Å². The first-order chi connectivity index (χ1) is 8.31. The van der Waals surface area contributed by atoms with Crippen LogP contribution in [0.3, 0.4) is 0 Å². The number of hydrogen-bond acceptors (Lipinski definition) is 4. The van der Waals surface area contributed by atoms with Crippen LogP contribution in [-0.4, -0.2) is 5.75 Å². The highest BCUT2D eigenvalue weighted by Gasteiger charge is 2.13. The van der Waals surface area contributed by atoms with E-state index >= 15 is 0 Å². The van der Waals surface area contributed by atoms with Crippen molar-refractivity contribution < 1.29 is 4.42 Å². The Morgan fingerprint density at radius 3 is 2.76 bits per heavy atom. The summed E-state index contributed by atoms with van der Waals surface area (Å²) in [6.07, 6.45) is 1.64. The fourth-order valence-electron chi connectivity index (χ4n) is 1.44. The van der Waals surface area contributed by atoms with Crippen molar-refractivity contribution in [2.24, 2.45) is 5.84 Å². The second-order valence-electron chi connectivity index (χ2n) is 3.48. The monoisotopic (exact) mass is 268 g/mol. The molecule has 0 aliphatic rings. The molecule has 0 aliphatic heterocycles. The Morgan fingerprint density at radius 2 is 2.12 bits per heavy atom. The molecule has 0 aliphatic carbocycles. The normalized spacial score (nSPS) is 12.6. The molecule has 2 rings (SSSR count). The molecular formula is C12H13ClN2OS. The fourth-order valence-corrected chi connectivity index (χ4v) is 2.72. The zero-order chi connectivity index (χ0) is 12.1. The predicted molar refractivity (Wildman–Crippen MR) is 70.9 cm³/mol. The lowest BCUT2D eigenvalue weighted by atomic mass is 10.3. The van der Waals surface area contributed by atoms with Crippen LogP contribution in [0.1, 0.15) is 11.8 Å². The Kier molecular flexibility index (Phi) is 4.50. The Hall–Kier alpha value is -0.940. The lowest BCUT2D eigenvalue weighted by Crippen LogP contribution is -2.29. The summed E-state index contributed by atoms with van der Waals surface area (Å²) in [5, 5.41) is 0.757. The molecule has 0 radical (unpaired) electrons. The first kappa shape index (κ1) is 12.5.